The van der Waals surface area contributed by atoms with Gasteiger partial charge in [-0.05, 0) is 37.3 Å². The molecule has 0 amide bonds. The molecular weight excluding hydrogens is 284 g/mol. The minimum atomic E-state index is -4.22. The Morgan fingerprint density at radius 2 is 1.71 bits per heavy atom. The van der Waals surface area contributed by atoms with E-state index in [1.165, 1.54) is 19.3 Å². The van der Waals surface area contributed by atoms with Crippen LogP contribution in [-0.2, 0) is 4.74 Å². The molecule has 1 nitrogen and oxygen atoms in total. The Balaban J connectivity index is 4.90. The molecule has 0 aromatic rings. The van der Waals surface area contributed by atoms with Crippen molar-refractivity contribution in [2.75, 3.05) is 6.61 Å². The van der Waals surface area contributed by atoms with E-state index in [4.69, 9.17) is 4.74 Å². The molecule has 0 aliphatic carbocycles. The van der Waals surface area contributed by atoms with Crippen molar-refractivity contribution in [3.8, 4) is 0 Å². The molecule has 122 valence electrons. The fourth-order valence-electron chi connectivity index (χ4n) is 1.58. The van der Waals surface area contributed by atoms with Crippen molar-refractivity contribution in [2.45, 2.75) is 53.1 Å². The van der Waals surface area contributed by atoms with Crippen LogP contribution in [0.1, 0.15) is 47.0 Å². The van der Waals surface area contributed by atoms with E-state index in [0.717, 1.165) is 5.57 Å². The van der Waals surface area contributed by atoms with Crippen molar-refractivity contribution in [3.05, 3.63) is 35.9 Å². The number of alkyl halides is 3. The fourth-order valence-corrected chi connectivity index (χ4v) is 1.58. The highest BCUT2D eigenvalue weighted by Crippen LogP contribution is 2.37. The van der Waals surface area contributed by atoms with Gasteiger partial charge in [0.1, 0.15) is 0 Å². The monoisotopic (exact) mass is 308 g/mol. The van der Waals surface area contributed by atoms with Gasteiger partial charge in [0.05, 0.1) is 18.7 Å². The van der Waals surface area contributed by atoms with Gasteiger partial charge in [0, 0.05) is 12.8 Å². The van der Waals surface area contributed by atoms with Crippen molar-refractivity contribution < 1.29 is 22.3 Å². The highest BCUT2D eigenvalue weighted by Gasteiger charge is 2.32. The highest BCUT2D eigenvalue weighted by molar-refractivity contribution is 5.25. The first kappa shape index (κ1) is 19.7. The number of hydrogen-bond acceptors (Lipinski definition) is 1. The van der Waals surface area contributed by atoms with Crippen LogP contribution in [0.5, 0.6) is 0 Å². The Morgan fingerprint density at radius 1 is 1.14 bits per heavy atom. The lowest BCUT2D eigenvalue weighted by Crippen LogP contribution is -2.19. The van der Waals surface area contributed by atoms with E-state index < -0.39 is 23.8 Å². The first-order valence-corrected chi connectivity index (χ1v) is 6.81. The van der Waals surface area contributed by atoms with Gasteiger partial charge in [-0.2, -0.15) is 13.2 Å². The van der Waals surface area contributed by atoms with Gasteiger partial charge in [-0.25, -0.2) is 4.39 Å². The predicted octanol–water partition coefficient (Wildman–Crippen LogP) is 6.10. The Bertz CT molecular complexity index is 399. The smallest absolute Gasteiger partial charge is 0.389 e. The standard InChI is InChI=1S/C16H24F4O/c1-12(2)6-9-21-11-14(10-13(3)17)15(4,5)7-8-16(18,19)20/h10-11H,1,6-9H2,2-5H3/b13-10+,14-11-. The fraction of sp³-hybridized carbons (Fsp3) is 0.625. The van der Waals surface area contributed by atoms with E-state index >= 15 is 0 Å². The molecule has 5 heteroatoms. The average Bonchev–Trinajstić information content (AvgIpc) is 2.29. The lowest BCUT2D eigenvalue weighted by molar-refractivity contribution is -0.139. The van der Waals surface area contributed by atoms with E-state index in [1.54, 1.807) is 13.8 Å². The maximum absolute atomic E-state index is 13.1. The molecule has 0 aliphatic heterocycles. The summed E-state index contributed by atoms with van der Waals surface area (Å²) in [6, 6.07) is 0. The molecule has 0 unspecified atom stereocenters. The van der Waals surface area contributed by atoms with E-state index in [9.17, 15) is 17.6 Å². The third kappa shape index (κ3) is 10.2. The first-order valence-electron chi connectivity index (χ1n) is 6.81. The van der Waals surface area contributed by atoms with Crippen LogP contribution in [0, 0.1) is 5.41 Å². The zero-order valence-corrected chi connectivity index (χ0v) is 13.1. The molecule has 0 rings (SSSR count). The zero-order valence-electron chi connectivity index (χ0n) is 13.1. The first-order chi connectivity index (χ1) is 9.44. The predicted molar refractivity (Wildman–Crippen MR) is 77.4 cm³/mol. The summed E-state index contributed by atoms with van der Waals surface area (Å²) in [5, 5.41) is 0. The molecule has 0 spiro atoms. The lowest BCUT2D eigenvalue weighted by atomic mass is 9.80. The molecular formula is C16H24F4O. The molecule has 0 aromatic carbocycles. The molecule has 0 atom stereocenters. The second-order valence-electron chi connectivity index (χ2n) is 5.88. The van der Waals surface area contributed by atoms with Gasteiger partial charge < -0.3 is 4.74 Å². The summed E-state index contributed by atoms with van der Waals surface area (Å²) in [6.07, 6.45) is -2.06. The summed E-state index contributed by atoms with van der Waals surface area (Å²) in [6.45, 7) is 10.5. The Labute approximate surface area is 124 Å². The summed E-state index contributed by atoms with van der Waals surface area (Å²) in [4.78, 5) is 0. The Morgan fingerprint density at radius 3 is 2.14 bits per heavy atom. The number of rotatable bonds is 8. The van der Waals surface area contributed by atoms with Crippen molar-refractivity contribution >= 4 is 0 Å². The van der Waals surface area contributed by atoms with E-state index in [-0.39, 0.29) is 6.42 Å². The quantitative estimate of drug-likeness (QED) is 0.173. The average molecular weight is 308 g/mol. The summed E-state index contributed by atoms with van der Waals surface area (Å²) in [5.74, 6) is -0.468. The molecule has 0 heterocycles. The van der Waals surface area contributed by atoms with Gasteiger partial charge >= 0.3 is 6.18 Å². The molecule has 0 saturated carbocycles. The third-order valence-electron chi connectivity index (χ3n) is 3.03. The number of halogens is 4. The van der Waals surface area contributed by atoms with Crippen LogP contribution < -0.4 is 0 Å². The van der Waals surface area contributed by atoms with Gasteiger partial charge in [-0.1, -0.05) is 19.4 Å². The lowest BCUT2D eigenvalue weighted by Gasteiger charge is -2.26. The summed E-state index contributed by atoms with van der Waals surface area (Å²) in [7, 11) is 0. The largest absolute Gasteiger partial charge is 0.501 e. The molecule has 0 N–H and O–H groups in total. The number of allylic oxidation sites excluding steroid dienone is 3. The van der Waals surface area contributed by atoms with Crippen LogP contribution in [0.25, 0.3) is 0 Å². The third-order valence-corrected chi connectivity index (χ3v) is 3.03. The number of ether oxygens (including phenoxy) is 1. The molecule has 0 aromatic heterocycles. The molecule has 21 heavy (non-hydrogen) atoms. The van der Waals surface area contributed by atoms with Gasteiger partial charge in [-0.3, -0.25) is 0 Å². The molecule has 0 radical (unpaired) electrons. The van der Waals surface area contributed by atoms with E-state index in [2.05, 4.69) is 6.58 Å². The summed E-state index contributed by atoms with van der Waals surface area (Å²) in [5.41, 5.74) is 0.526. The van der Waals surface area contributed by atoms with E-state index in [1.807, 2.05) is 6.92 Å². The van der Waals surface area contributed by atoms with Crippen LogP contribution in [0.15, 0.2) is 35.9 Å². The van der Waals surface area contributed by atoms with E-state index in [0.29, 0.717) is 18.6 Å². The molecule has 0 saturated heterocycles. The summed E-state index contributed by atoms with van der Waals surface area (Å²) < 4.78 is 55.5. The maximum Gasteiger partial charge on any atom is 0.389 e. The molecule has 0 fully saturated rings. The van der Waals surface area contributed by atoms with Crippen molar-refractivity contribution in [1.29, 1.82) is 0 Å². The maximum atomic E-state index is 13.1. The van der Waals surface area contributed by atoms with Crippen molar-refractivity contribution in [3.63, 3.8) is 0 Å². The minimum Gasteiger partial charge on any atom is -0.501 e. The van der Waals surface area contributed by atoms with Gasteiger partial charge in [0.25, 0.3) is 0 Å². The summed E-state index contributed by atoms with van der Waals surface area (Å²) >= 11 is 0. The van der Waals surface area contributed by atoms with Crippen LogP contribution in [-0.4, -0.2) is 12.8 Å². The molecule has 0 aliphatic rings. The topological polar surface area (TPSA) is 9.23 Å². The van der Waals surface area contributed by atoms with Crippen LogP contribution in [0.4, 0.5) is 17.6 Å². The Hall–Kier alpha value is -1.26. The Kier molecular flexibility index (Phi) is 7.75. The van der Waals surface area contributed by atoms with Crippen molar-refractivity contribution in [2.24, 2.45) is 5.41 Å². The van der Waals surface area contributed by atoms with Gasteiger partial charge in [0.2, 0.25) is 0 Å². The van der Waals surface area contributed by atoms with Crippen LogP contribution in [0.2, 0.25) is 0 Å². The van der Waals surface area contributed by atoms with Gasteiger partial charge in [-0.15, -0.1) is 6.58 Å². The normalized spacial score (nSPS) is 14.3. The highest BCUT2D eigenvalue weighted by atomic mass is 19.4. The van der Waals surface area contributed by atoms with Gasteiger partial charge in [0.15, 0.2) is 0 Å². The van der Waals surface area contributed by atoms with Crippen LogP contribution in [0.3, 0.4) is 0 Å². The molecule has 0 bridgehead atoms. The second kappa shape index (κ2) is 8.25. The zero-order chi connectivity index (χ0) is 16.7. The van der Waals surface area contributed by atoms with Crippen LogP contribution >= 0.6 is 0 Å². The second-order valence-corrected chi connectivity index (χ2v) is 5.88. The number of hydrogen-bond donors (Lipinski definition) is 0. The minimum absolute atomic E-state index is 0.129. The van der Waals surface area contributed by atoms with Crippen molar-refractivity contribution in [1.82, 2.24) is 0 Å². The SMILES string of the molecule is C=C(C)CCO/C=C(/C=C(\C)F)C(C)(C)CCC(F)(F)F.